The van der Waals surface area contributed by atoms with Gasteiger partial charge in [-0.3, -0.25) is 19.3 Å². The van der Waals surface area contributed by atoms with E-state index in [1.54, 1.807) is 20.8 Å². The Kier molecular flexibility index (Phi) is 11.8. The number of carbonyl (C=O) groups excluding carboxylic acids is 5. The fourth-order valence-electron chi connectivity index (χ4n) is 5.07. The van der Waals surface area contributed by atoms with Crippen molar-refractivity contribution in [2.45, 2.75) is 43.9 Å². The fourth-order valence-corrected chi connectivity index (χ4v) is 7.07. The molecule has 2 atom stereocenters. The number of thioether (sulfide) groups is 1. The number of esters is 2. The van der Waals surface area contributed by atoms with Crippen LogP contribution >= 0.6 is 23.1 Å². The van der Waals surface area contributed by atoms with Crippen molar-refractivity contribution in [1.82, 2.24) is 15.2 Å². The van der Waals surface area contributed by atoms with E-state index in [0.717, 1.165) is 22.5 Å². The molecule has 0 spiro atoms. The van der Waals surface area contributed by atoms with E-state index in [4.69, 9.17) is 14.3 Å². The first-order valence-corrected chi connectivity index (χ1v) is 17.6. The summed E-state index contributed by atoms with van der Waals surface area (Å²) in [6, 6.07) is 17.5. The number of allylic oxidation sites excluding steroid dienone is 1. The SMILES string of the molecule is C=CC1=C(C(=O)OC(c2ccccc2)c2ccccc2)N2C(=O)C(NC(=O)C(=NOC/C=C/C(=O)OC(C)(C)C)c3csc(NC=O)n3)[C@@H]2SC1. The van der Waals surface area contributed by atoms with Crippen LogP contribution in [0.15, 0.2) is 107 Å². The quantitative estimate of drug-likeness (QED) is 0.0459. The van der Waals surface area contributed by atoms with Crippen LogP contribution in [0.5, 0.6) is 0 Å². The second kappa shape index (κ2) is 16.4. The van der Waals surface area contributed by atoms with E-state index in [1.165, 1.54) is 40.3 Å². The Morgan fingerprint density at radius 3 is 2.37 bits per heavy atom. The lowest BCUT2D eigenvalue weighted by Crippen LogP contribution is -2.71. The average Bonchev–Trinajstić information content (AvgIpc) is 3.58. The van der Waals surface area contributed by atoms with Gasteiger partial charge in [-0.15, -0.1) is 23.1 Å². The summed E-state index contributed by atoms with van der Waals surface area (Å²) in [5.74, 6) is -2.29. The summed E-state index contributed by atoms with van der Waals surface area (Å²) < 4.78 is 11.3. The number of β-lactam (4-membered cyclic amide) rings is 1. The maximum Gasteiger partial charge on any atom is 0.356 e. The number of thiazole rings is 1. The minimum atomic E-state index is -1.03. The molecular formula is C36H35N5O8S2. The molecule has 0 radical (unpaired) electrons. The molecule has 1 aromatic heterocycles. The highest BCUT2D eigenvalue weighted by Crippen LogP contribution is 2.42. The lowest BCUT2D eigenvalue weighted by molar-refractivity contribution is -0.154. The Bertz CT molecular complexity index is 1850. The van der Waals surface area contributed by atoms with Crippen LogP contribution in [0.3, 0.4) is 0 Å². The van der Waals surface area contributed by atoms with Gasteiger partial charge in [0, 0.05) is 17.2 Å². The van der Waals surface area contributed by atoms with Crippen LogP contribution in [0.2, 0.25) is 0 Å². The van der Waals surface area contributed by atoms with Crippen LogP contribution in [0.25, 0.3) is 0 Å². The molecule has 1 fully saturated rings. The summed E-state index contributed by atoms with van der Waals surface area (Å²) in [6.45, 7) is 8.86. The number of carbonyl (C=O) groups is 5. The van der Waals surface area contributed by atoms with Crippen LogP contribution in [-0.2, 0) is 38.3 Å². The zero-order valence-corrected chi connectivity index (χ0v) is 29.6. The molecule has 0 aliphatic carbocycles. The van der Waals surface area contributed by atoms with Gasteiger partial charge in [0.15, 0.2) is 16.9 Å². The minimum absolute atomic E-state index is 0.0548. The van der Waals surface area contributed by atoms with E-state index in [-0.39, 0.29) is 28.8 Å². The number of aromatic nitrogens is 1. The van der Waals surface area contributed by atoms with E-state index in [1.807, 2.05) is 60.7 Å². The van der Waals surface area contributed by atoms with Gasteiger partial charge in [0.2, 0.25) is 6.41 Å². The summed E-state index contributed by atoms with van der Waals surface area (Å²) >= 11 is 2.39. The van der Waals surface area contributed by atoms with E-state index in [0.29, 0.717) is 17.7 Å². The van der Waals surface area contributed by atoms with Crippen molar-refractivity contribution in [3.8, 4) is 0 Å². The van der Waals surface area contributed by atoms with E-state index >= 15 is 0 Å². The Morgan fingerprint density at radius 1 is 1.10 bits per heavy atom. The van der Waals surface area contributed by atoms with Crippen LogP contribution in [0.4, 0.5) is 5.13 Å². The molecule has 15 heteroatoms. The van der Waals surface area contributed by atoms with Crippen molar-refractivity contribution in [2.24, 2.45) is 5.16 Å². The average molecular weight is 730 g/mol. The molecule has 2 aliphatic rings. The third kappa shape index (κ3) is 8.98. The predicted molar refractivity (Wildman–Crippen MR) is 192 cm³/mol. The zero-order chi connectivity index (χ0) is 36.5. The monoisotopic (exact) mass is 729 g/mol. The molecule has 1 saturated heterocycles. The smallest absolute Gasteiger partial charge is 0.356 e. The number of hydrogen-bond acceptors (Lipinski definition) is 12. The summed E-state index contributed by atoms with van der Waals surface area (Å²) in [5.41, 5.74) is 1.20. The van der Waals surface area contributed by atoms with Gasteiger partial charge in [-0.25, -0.2) is 14.6 Å². The molecule has 3 heterocycles. The molecule has 0 saturated carbocycles. The summed E-state index contributed by atoms with van der Waals surface area (Å²) in [6.07, 6.45) is 3.75. The lowest BCUT2D eigenvalue weighted by Gasteiger charge is -2.49. The van der Waals surface area contributed by atoms with Gasteiger partial charge in [-0.1, -0.05) is 78.5 Å². The second-order valence-electron chi connectivity index (χ2n) is 12.0. The molecule has 264 valence electrons. The van der Waals surface area contributed by atoms with Crippen molar-refractivity contribution < 1.29 is 38.3 Å². The molecule has 3 aromatic rings. The third-order valence-electron chi connectivity index (χ3n) is 7.29. The number of rotatable bonds is 14. The molecule has 1 unspecified atom stereocenters. The van der Waals surface area contributed by atoms with Crippen molar-refractivity contribution in [2.75, 3.05) is 17.7 Å². The molecule has 13 nitrogen and oxygen atoms in total. The normalized spacial score (nSPS) is 17.4. The van der Waals surface area contributed by atoms with Crippen molar-refractivity contribution in [3.05, 3.63) is 119 Å². The maximum absolute atomic E-state index is 13.9. The molecule has 2 aromatic carbocycles. The predicted octanol–water partition coefficient (Wildman–Crippen LogP) is 4.50. The standard InChI is InChI=1S/C36H35N5O8S2/c1-5-22-19-50-33-28(32(45)41(33)29(22)34(46)48-30(23-13-8-6-9-14-23)24-15-10-7-11-16-24)39-31(44)27(25-20-51-35(38-25)37-21-42)40-47-18-12-17-26(43)49-36(2,3)4/h5-17,20-21,28,30,33H,1,18-19H2,2-4H3,(H,39,44)(H,37,38,42)/b17-12+,40-27?/t28?,33-/m0/s1. The first-order valence-electron chi connectivity index (χ1n) is 15.7. The van der Waals surface area contributed by atoms with Crippen LogP contribution in [-0.4, -0.2) is 75.1 Å². The fraction of sp³-hybridized carbons (Fsp3) is 0.250. The van der Waals surface area contributed by atoms with Crippen LogP contribution < -0.4 is 10.6 Å². The number of oxime groups is 1. The number of fused-ring (bicyclic) bond motifs is 1. The second-order valence-corrected chi connectivity index (χ2v) is 14.0. The third-order valence-corrected chi connectivity index (χ3v) is 9.36. The van der Waals surface area contributed by atoms with Crippen LogP contribution in [0, 0.1) is 0 Å². The highest BCUT2D eigenvalue weighted by Gasteiger charge is 2.54. The van der Waals surface area contributed by atoms with E-state index < -0.39 is 46.9 Å². The number of hydrogen-bond donors (Lipinski definition) is 2. The molecule has 2 aliphatic heterocycles. The maximum atomic E-state index is 13.9. The summed E-state index contributed by atoms with van der Waals surface area (Å²) in [4.78, 5) is 74.9. The largest absolute Gasteiger partial charge is 0.457 e. The van der Waals surface area contributed by atoms with E-state index in [9.17, 15) is 24.0 Å². The Balaban J connectivity index is 1.32. The molecule has 5 rings (SSSR count). The van der Waals surface area contributed by atoms with Gasteiger partial charge in [-0.2, -0.15) is 0 Å². The molecule has 0 bridgehead atoms. The molecular weight excluding hydrogens is 695 g/mol. The Morgan fingerprint density at radius 2 is 1.76 bits per heavy atom. The van der Waals surface area contributed by atoms with Crippen molar-refractivity contribution in [3.63, 3.8) is 0 Å². The summed E-state index contributed by atoms with van der Waals surface area (Å²) in [5, 5.41) is 10.1. The van der Waals surface area contributed by atoms with Crippen molar-refractivity contribution in [1.29, 1.82) is 0 Å². The topological polar surface area (TPSA) is 166 Å². The number of anilines is 1. The Labute approximate surface area is 302 Å². The number of nitrogens with one attached hydrogen (secondary N) is 2. The number of amides is 3. The summed E-state index contributed by atoms with van der Waals surface area (Å²) in [7, 11) is 0. The van der Waals surface area contributed by atoms with Gasteiger partial charge in [0.05, 0.1) is 0 Å². The molecule has 3 amide bonds. The Hall–Kier alpha value is -5.54. The van der Waals surface area contributed by atoms with E-state index in [2.05, 4.69) is 27.4 Å². The first kappa shape index (κ1) is 36.7. The number of ether oxygens (including phenoxy) is 2. The van der Waals surface area contributed by atoms with Gasteiger partial charge in [-0.05, 0) is 43.5 Å². The van der Waals surface area contributed by atoms with Crippen molar-refractivity contribution >= 4 is 64.1 Å². The van der Waals surface area contributed by atoms with Gasteiger partial charge in [0.25, 0.3) is 11.8 Å². The van der Waals surface area contributed by atoms with Gasteiger partial charge < -0.3 is 24.9 Å². The molecule has 51 heavy (non-hydrogen) atoms. The number of benzene rings is 2. The van der Waals surface area contributed by atoms with Gasteiger partial charge >= 0.3 is 11.9 Å². The van der Waals surface area contributed by atoms with Crippen LogP contribution in [0.1, 0.15) is 43.7 Å². The molecule has 2 N–H and O–H groups in total. The highest BCUT2D eigenvalue weighted by atomic mass is 32.2. The highest BCUT2D eigenvalue weighted by molar-refractivity contribution is 8.00. The zero-order valence-electron chi connectivity index (χ0n) is 27.9. The first-order chi connectivity index (χ1) is 24.5. The van der Waals surface area contributed by atoms with Gasteiger partial charge in [0.1, 0.15) is 35.0 Å². The minimum Gasteiger partial charge on any atom is -0.457 e. The number of nitrogens with zero attached hydrogens (tertiary/aromatic N) is 3. The lowest BCUT2D eigenvalue weighted by atomic mass is 10.0.